The van der Waals surface area contributed by atoms with Crippen molar-refractivity contribution >= 4 is 16.3 Å². The number of ether oxygens (including phenoxy) is 6. The number of benzene rings is 2. The Morgan fingerprint density at radius 2 is 1.25 bits per heavy atom. The minimum atomic E-state index is 0.494. The molecule has 0 aliphatic rings. The SMILES string of the molecule is COc1cc(OC)c(-c2nn3c(-c4cc(OC)c(OC)c(OC)c4)nnc3s2)cc1OC. The van der Waals surface area contributed by atoms with Gasteiger partial charge < -0.3 is 28.4 Å². The Bertz CT molecular complexity index is 1240. The highest BCUT2D eigenvalue weighted by atomic mass is 32.1. The summed E-state index contributed by atoms with van der Waals surface area (Å²) in [6, 6.07) is 7.18. The molecule has 4 rings (SSSR count). The number of methoxy groups -OCH3 is 6. The first-order valence-corrected chi connectivity index (χ1v) is 10.2. The summed E-state index contributed by atoms with van der Waals surface area (Å²) in [5.74, 6) is 3.77. The molecule has 0 amide bonds. The van der Waals surface area contributed by atoms with E-state index in [0.717, 1.165) is 5.56 Å². The molecule has 0 spiro atoms. The molecule has 0 saturated heterocycles. The fourth-order valence-corrected chi connectivity index (χ4v) is 4.17. The third-order valence-electron chi connectivity index (χ3n) is 4.85. The van der Waals surface area contributed by atoms with E-state index in [1.54, 1.807) is 65.4 Å². The van der Waals surface area contributed by atoms with E-state index in [1.165, 1.54) is 11.3 Å². The van der Waals surface area contributed by atoms with E-state index >= 15 is 0 Å². The molecule has 4 aromatic rings. The van der Waals surface area contributed by atoms with Gasteiger partial charge in [-0.3, -0.25) is 0 Å². The number of rotatable bonds is 8. The zero-order chi connectivity index (χ0) is 22.8. The summed E-state index contributed by atoms with van der Waals surface area (Å²) < 4.78 is 34.4. The van der Waals surface area contributed by atoms with Crippen LogP contribution in [0.2, 0.25) is 0 Å². The lowest BCUT2D eigenvalue weighted by Gasteiger charge is -2.13. The number of hydrogen-bond acceptors (Lipinski definition) is 10. The van der Waals surface area contributed by atoms with Crippen LogP contribution in [0, 0.1) is 0 Å². The topological polar surface area (TPSA) is 98.5 Å². The Morgan fingerprint density at radius 3 is 1.81 bits per heavy atom. The van der Waals surface area contributed by atoms with Gasteiger partial charge in [0.15, 0.2) is 33.8 Å². The monoisotopic (exact) mass is 458 g/mol. The van der Waals surface area contributed by atoms with Crippen LogP contribution in [0.1, 0.15) is 0 Å². The van der Waals surface area contributed by atoms with E-state index in [4.69, 9.17) is 33.5 Å². The van der Waals surface area contributed by atoms with Crippen molar-refractivity contribution < 1.29 is 28.4 Å². The van der Waals surface area contributed by atoms with Crippen molar-refractivity contribution in [3.8, 4) is 56.5 Å². The summed E-state index contributed by atoms with van der Waals surface area (Å²) in [5.41, 5.74) is 1.46. The molecular weight excluding hydrogens is 436 g/mol. The van der Waals surface area contributed by atoms with E-state index in [1.807, 2.05) is 6.07 Å². The van der Waals surface area contributed by atoms with Crippen molar-refractivity contribution in [2.75, 3.05) is 42.7 Å². The zero-order valence-electron chi connectivity index (χ0n) is 18.5. The minimum absolute atomic E-state index is 0.494. The summed E-state index contributed by atoms with van der Waals surface area (Å²) in [7, 11) is 9.42. The van der Waals surface area contributed by atoms with Gasteiger partial charge in [-0.25, -0.2) is 0 Å². The minimum Gasteiger partial charge on any atom is -0.496 e. The summed E-state index contributed by atoms with van der Waals surface area (Å²) in [6.07, 6.45) is 0. The van der Waals surface area contributed by atoms with Gasteiger partial charge >= 0.3 is 0 Å². The van der Waals surface area contributed by atoms with Gasteiger partial charge in [0.25, 0.3) is 0 Å². The fraction of sp³-hybridized carbons (Fsp3) is 0.286. The van der Waals surface area contributed by atoms with Crippen molar-refractivity contribution in [1.29, 1.82) is 0 Å². The van der Waals surface area contributed by atoms with Crippen LogP contribution in [0.3, 0.4) is 0 Å². The average molecular weight is 458 g/mol. The summed E-state index contributed by atoms with van der Waals surface area (Å²) in [4.78, 5) is 0.612. The Balaban J connectivity index is 1.86. The van der Waals surface area contributed by atoms with Crippen LogP contribution < -0.4 is 28.4 Å². The molecule has 0 N–H and O–H groups in total. The maximum Gasteiger partial charge on any atom is 0.235 e. The molecule has 2 aromatic heterocycles. The van der Waals surface area contributed by atoms with Gasteiger partial charge in [0.2, 0.25) is 10.7 Å². The largest absolute Gasteiger partial charge is 0.496 e. The molecule has 0 radical (unpaired) electrons. The van der Waals surface area contributed by atoms with Gasteiger partial charge in [-0.15, -0.1) is 10.2 Å². The van der Waals surface area contributed by atoms with Gasteiger partial charge in [-0.05, 0) is 18.2 Å². The molecule has 0 aliphatic heterocycles. The number of aromatic nitrogens is 4. The second-order valence-corrected chi connectivity index (χ2v) is 7.40. The van der Waals surface area contributed by atoms with Crippen LogP contribution in [0.25, 0.3) is 26.9 Å². The molecular formula is C21H22N4O6S. The molecule has 2 aromatic carbocycles. The van der Waals surface area contributed by atoms with Crippen LogP contribution >= 0.6 is 11.3 Å². The Labute approximate surface area is 188 Å². The molecule has 32 heavy (non-hydrogen) atoms. The van der Waals surface area contributed by atoms with Crippen LogP contribution in [-0.2, 0) is 0 Å². The van der Waals surface area contributed by atoms with Crippen molar-refractivity contribution in [3.63, 3.8) is 0 Å². The molecule has 0 atom stereocenters. The Hall–Kier alpha value is -3.73. The van der Waals surface area contributed by atoms with Gasteiger partial charge in [0.1, 0.15) is 5.75 Å². The summed E-state index contributed by atoms with van der Waals surface area (Å²) in [6.45, 7) is 0. The second-order valence-electron chi connectivity index (χ2n) is 6.45. The van der Waals surface area contributed by atoms with E-state index in [9.17, 15) is 0 Å². The third-order valence-corrected chi connectivity index (χ3v) is 5.78. The van der Waals surface area contributed by atoms with Crippen LogP contribution in [0.15, 0.2) is 24.3 Å². The van der Waals surface area contributed by atoms with E-state index in [2.05, 4.69) is 10.2 Å². The predicted molar refractivity (Wildman–Crippen MR) is 119 cm³/mol. The van der Waals surface area contributed by atoms with Crippen molar-refractivity contribution in [1.82, 2.24) is 19.8 Å². The standard InChI is InChI=1S/C21H22N4O6S/c1-26-13-10-15(28-3)14(27-2)9-12(13)20-24-25-19(22-23-21(25)32-20)11-7-16(29-4)18(31-6)17(8-11)30-5/h7-10H,1-6H3. The highest BCUT2D eigenvalue weighted by molar-refractivity contribution is 7.19. The van der Waals surface area contributed by atoms with Crippen LogP contribution in [-0.4, -0.2) is 62.5 Å². The second kappa shape index (κ2) is 8.79. The van der Waals surface area contributed by atoms with Crippen LogP contribution in [0.4, 0.5) is 0 Å². The quantitative estimate of drug-likeness (QED) is 0.392. The maximum absolute atomic E-state index is 5.55. The fourth-order valence-electron chi connectivity index (χ4n) is 3.31. The van der Waals surface area contributed by atoms with E-state index < -0.39 is 0 Å². The number of hydrogen-bond donors (Lipinski definition) is 0. The van der Waals surface area contributed by atoms with Gasteiger partial charge in [-0.1, -0.05) is 11.3 Å². The van der Waals surface area contributed by atoms with Gasteiger partial charge in [0, 0.05) is 11.6 Å². The summed E-state index contributed by atoms with van der Waals surface area (Å²) in [5, 5.41) is 14.0. The zero-order valence-corrected chi connectivity index (χ0v) is 19.3. The summed E-state index contributed by atoms with van der Waals surface area (Å²) >= 11 is 1.37. The van der Waals surface area contributed by atoms with Crippen LogP contribution in [0.5, 0.6) is 34.5 Å². The Kier molecular flexibility index (Phi) is 5.91. The van der Waals surface area contributed by atoms with Crippen molar-refractivity contribution in [2.24, 2.45) is 0 Å². The molecule has 0 saturated carbocycles. The molecule has 0 unspecified atom stereocenters. The Morgan fingerprint density at radius 1 is 0.656 bits per heavy atom. The molecule has 10 nitrogen and oxygen atoms in total. The first-order valence-electron chi connectivity index (χ1n) is 9.41. The third kappa shape index (κ3) is 3.50. The van der Waals surface area contributed by atoms with E-state index in [0.29, 0.717) is 55.9 Å². The molecule has 11 heteroatoms. The van der Waals surface area contributed by atoms with Crippen molar-refractivity contribution in [3.05, 3.63) is 24.3 Å². The maximum atomic E-state index is 5.55. The lowest BCUT2D eigenvalue weighted by molar-refractivity contribution is 0.324. The molecule has 0 fully saturated rings. The lowest BCUT2D eigenvalue weighted by Crippen LogP contribution is -1.98. The van der Waals surface area contributed by atoms with E-state index in [-0.39, 0.29) is 0 Å². The normalized spacial score (nSPS) is 10.8. The number of fused-ring (bicyclic) bond motifs is 1. The first-order chi connectivity index (χ1) is 15.6. The highest BCUT2D eigenvalue weighted by Gasteiger charge is 2.22. The van der Waals surface area contributed by atoms with Crippen molar-refractivity contribution in [2.45, 2.75) is 0 Å². The highest BCUT2D eigenvalue weighted by Crippen LogP contribution is 2.43. The number of nitrogens with zero attached hydrogens (tertiary/aromatic N) is 4. The van der Waals surface area contributed by atoms with Gasteiger partial charge in [0.05, 0.1) is 48.2 Å². The smallest absolute Gasteiger partial charge is 0.235 e. The van der Waals surface area contributed by atoms with Gasteiger partial charge in [-0.2, -0.15) is 9.61 Å². The predicted octanol–water partition coefficient (Wildman–Crippen LogP) is 3.57. The first kappa shape index (κ1) is 21.5. The molecule has 168 valence electrons. The lowest BCUT2D eigenvalue weighted by atomic mass is 10.1. The molecule has 2 heterocycles. The molecule has 0 aliphatic carbocycles. The average Bonchev–Trinajstić information content (AvgIpc) is 3.43. The molecule has 0 bridgehead atoms.